The SMILES string of the molecule is NC(=O)C1CC(=O)N(c2ncc(Cl)cn2)C1. The van der Waals surface area contributed by atoms with E-state index in [2.05, 4.69) is 9.97 Å². The van der Waals surface area contributed by atoms with Gasteiger partial charge in [-0.25, -0.2) is 9.97 Å². The fraction of sp³-hybridized carbons (Fsp3) is 0.333. The molecule has 6 nitrogen and oxygen atoms in total. The van der Waals surface area contributed by atoms with Crippen LogP contribution in [0.3, 0.4) is 0 Å². The predicted molar refractivity (Wildman–Crippen MR) is 56.7 cm³/mol. The number of rotatable bonds is 2. The highest BCUT2D eigenvalue weighted by Crippen LogP contribution is 2.21. The van der Waals surface area contributed by atoms with Gasteiger partial charge in [0, 0.05) is 13.0 Å². The van der Waals surface area contributed by atoms with Gasteiger partial charge in [-0.1, -0.05) is 11.6 Å². The third-order valence-corrected chi connectivity index (χ3v) is 2.57. The van der Waals surface area contributed by atoms with Gasteiger partial charge in [0.2, 0.25) is 17.8 Å². The van der Waals surface area contributed by atoms with Gasteiger partial charge < -0.3 is 5.73 Å². The van der Waals surface area contributed by atoms with E-state index in [1.54, 1.807) is 0 Å². The maximum Gasteiger partial charge on any atom is 0.232 e. The van der Waals surface area contributed by atoms with Crippen molar-refractivity contribution in [1.29, 1.82) is 0 Å². The summed E-state index contributed by atoms with van der Waals surface area (Å²) in [5.74, 6) is -0.902. The highest BCUT2D eigenvalue weighted by Gasteiger charge is 2.35. The Balaban J connectivity index is 2.20. The summed E-state index contributed by atoms with van der Waals surface area (Å²) in [6.45, 7) is 0.232. The molecule has 16 heavy (non-hydrogen) atoms. The zero-order valence-corrected chi connectivity index (χ0v) is 9.02. The lowest BCUT2D eigenvalue weighted by atomic mass is 10.1. The molecule has 2 rings (SSSR count). The lowest BCUT2D eigenvalue weighted by Gasteiger charge is -2.12. The molecule has 1 aliphatic rings. The summed E-state index contributed by atoms with van der Waals surface area (Å²) < 4.78 is 0. The molecule has 0 saturated carbocycles. The Kier molecular flexibility index (Phi) is 2.74. The molecule has 0 spiro atoms. The van der Waals surface area contributed by atoms with Crippen LogP contribution in [-0.2, 0) is 9.59 Å². The van der Waals surface area contributed by atoms with Crippen LogP contribution in [0, 0.1) is 5.92 Å². The van der Waals surface area contributed by atoms with Crippen molar-refractivity contribution in [3.8, 4) is 0 Å². The molecule has 7 heteroatoms. The third-order valence-electron chi connectivity index (χ3n) is 2.38. The molecule has 1 aromatic rings. The first kappa shape index (κ1) is 10.8. The van der Waals surface area contributed by atoms with Gasteiger partial charge in [-0.2, -0.15) is 0 Å². The number of aromatic nitrogens is 2. The lowest BCUT2D eigenvalue weighted by molar-refractivity contribution is -0.123. The van der Waals surface area contributed by atoms with E-state index in [-0.39, 0.29) is 24.8 Å². The molecule has 84 valence electrons. The summed E-state index contributed by atoms with van der Waals surface area (Å²) >= 11 is 5.63. The topological polar surface area (TPSA) is 89.2 Å². The number of amides is 2. The summed E-state index contributed by atoms with van der Waals surface area (Å²) in [6.07, 6.45) is 2.91. The number of nitrogens with zero attached hydrogens (tertiary/aromatic N) is 3. The van der Waals surface area contributed by atoms with Crippen LogP contribution < -0.4 is 10.6 Å². The van der Waals surface area contributed by atoms with Crippen molar-refractivity contribution >= 4 is 29.4 Å². The van der Waals surface area contributed by atoms with E-state index in [9.17, 15) is 9.59 Å². The van der Waals surface area contributed by atoms with Crippen LogP contribution in [0.25, 0.3) is 0 Å². The summed E-state index contributed by atoms with van der Waals surface area (Å²) in [7, 11) is 0. The van der Waals surface area contributed by atoms with E-state index in [4.69, 9.17) is 17.3 Å². The summed E-state index contributed by atoms with van der Waals surface area (Å²) in [6, 6.07) is 0. The summed E-state index contributed by atoms with van der Waals surface area (Å²) in [4.78, 5) is 31.7. The number of nitrogens with two attached hydrogens (primary N) is 1. The monoisotopic (exact) mass is 240 g/mol. The molecular formula is C9H9ClN4O2. The highest BCUT2D eigenvalue weighted by molar-refractivity contribution is 6.30. The Bertz CT molecular complexity index is 434. The van der Waals surface area contributed by atoms with E-state index >= 15 is 0 Å². The molecule has 1 aromatic heterocycles. The second-order valence-electron chi connectivity index (χ2n) is 3.51. The Morgan fingerprint density at radius 1 is 1.50 bits per heavy atom. The molecule has 1 saturated heterocycles. The van der Waals surface area contributed by atoms with Crippen LogP contribution in [0.1, 0.15) is 6.42 Å². The number of carbonyl (C=O) groups excluding carboxylic acids is 2. The summed E-state index contributed by atoms with van der Waals surface area (Å²) in [5, 5.41) is 0.391. The molecule has 2 heterocycles. The van der Waals surface area contributed by atoms with Crippen molar-refractivity contribution in [2.75, 3.05) is 11.4 Å². The molecule has 1 aliphatic heterocycles. The lowest BCUT2D eigenvalue weighted by Crippen LogP contribution is -2.29. The predicted octanol–water partition coefficient (Wildman–Crippen LogP) is -0.0318. The number of primary amides is 1. The Hall–Kier alpha value is -1.69. The smallest absolute Gasteiger partial charge is 0.232 e. The van der Waals surface area contributed by atoms with E-state index < -0.39 is 11.8 Å². The van der Waals surface area contributed by atoms with Gasteiger partial charge in [0.1, 0.15) is 0 Å². The first-order valence-corrected chi connectivity index (χ1v) is 5.03. The largest absolute Gasteiger partial charge is 0.369 e. The Morgan fingerprint density at radius 3 is 2.62 bits per heavy atom. The minimum absolute atomic E-state index is 0.112. The molecule has 0 radical (unpaired) electrons. The first-order chi connectivity index (χ1) is 7.58. The van der Waals surface area contributed by atoms with Gasteiger partial charge in [0.25, 0.3) is 0 Å². The second kappa shape index (κ2) is 4.05. The molecule has 1 atom stereocenters. The number of hydrogen-bond acceptors (Lipinski definition) is 4. The maximum atomic E-state index is 11.6. The average molecular weight is 241 g/mol. The van der Waals surface area contributed by atoms with E-state index in [1.165, 1.54) is 17.3 Å². The number of hydrogen-bond donors (Lipinski definition) is 1. The number of carbonyl (C=O) groups is 2. The van der Waals surface area contributed by atoms with Crippen molar-refractivity contribution in [2.45, 2.75) is 6.42 Å². The van der Waals surface area contributed by atoms with Crippen LogP contribution in [-0.4, -0.2) is 28.3 Å². The Morgan fingerprint density at radius 2 is 2.12 bits per heavy atom. The number of halogens is 1. The van der Waals surface area contributed by atoms with Crippen LogP contribution >= 0.6 is 11.6 Å². The third kappa shape index (κ3) is 1.96. The maximum absolute atomic E-state index is 11.6. The molecule has 1 fully saturated rings. The Labute approximate surface area is 96.4 Å². The molecule has 0 aromatic carbocycles. The molecule has 0 aliphatic carbocycles. The van der Waals surface area contributed by atoms with Crippen LogP contribution in [0.2, 0.25) is 5.02 Å². The minimum Gasteiger partial charge on any atom is -0.369 e. The zero-order chi connectivity index (χ0) is 11.7. The quantitative estimate of drug-likeness (QED) is 0.786. The molecular weight excluding hydrogens is 232 g/mol. The molecule has 1 unspecified atom stereocenters. The van der Waals surface area contributed by atoms with Crippen molar-refractivity contribution < 1.29 is 9.59 Å². The van der Waals surface area contributed by atoms with Gasteiger partial charge in [-0.05, 0) is 0 Å². The van der Waals surface area contributed by atoms with Crippen LogP contribution in [0.4, 0.5) is 5.95 Å². The molecule has 2 N–H and O–H groups in total. The van der Waals surface area contributed by atoms with Crippen molar-refractivity contribution in [1.82, 2.24) is 9.97 Å². The summed E-state index contributed by atoms with van der Waals surface area (Å²) in [5.41, 5.74) is 5.14. The van der Waals surface area contributed by atoms with Gasteiger partial charge in [0.05, 0.1) is 23.3 Å². The standard InChI is InChI=1S/C9H9ClN4O2/c10-6-2-12-9(13-3-6)14-4-5(8(11)16)1-7(14)15/h2-3,5H,1,4H2,(H2,11,16). The molecule has 2 amide bonds. The molecule has 0 bridgehead atoms. The van der Waals surface area contributed by atoms with Crippen LogP contribution in [0.5, 0.6) is 0 Å². The van der Waals surface area contributed by atoms with Gasteiger partial charge in [-0.3, -0.25) is 14.5 Å². The van der Waals surface area contributed by atoms with Gasteiger partial charge in [0.15, 0.2) is 0 Å². The fourth-order valence-corrected chi connectivity index (χ4v) is 1.63. The fourth-order valence-electron chi connectivity index (χ4n) is 1.54. The average Bonchev–Trinajstić information content (AvgIpc) is 2.62. The van der Waals surface area contributed by atoms with Crippen LogP contribution in [0.15, 0.2) is 12.4 Å². The highest BCUT2D eigenvalue weighted by atomic mass is 35.5. The first-order valence-electron chi connectivity index (χ1n) is 4.65. The van der Waals surface area contributed by atoms with E-state index in [1.807, 2.05) is 0 Å². The van der Waals surface area contributed by atoms with E-state index in [0.717, 1.165) is 0 Å². The van der Waals surface area contributed by atoms with Gasteiger partial charge in [-0.15, -0.1) is 0 Å². The normalized spacial score (nSPS) is 20.2. The van der Waals surface area contributed by atoms with Crippen molar-refractivity contribution in [3.63, 3.8) is 0 Å². The van der Waals surface area contributed by atoms with E-state index in [0.29, 0.717) is 5.02 Å². The second-order valence-corrected chi connectivity index (χ2v) is 3.95. The van der Waals surface area contributed by atoms with Crippen molar-refractivity contribution in [2.24, 2.45) is 11.7 Å². The zero-order valence-electron chi connectivity index (χ0n) is 8.26. The minimum atomic E-state index is -0.482. The van der Waals surface area contributed by atoms with Gasteiger partial charge >= 0.3 is 0 Å². The van der Waals surface area contributed by atoms with Crippen molar-refractivity contribution in [3.05, 3.63) is 17.4 Å². The number of anilines is 1.